The second-order valence-corrected chi connectivity index (χ2v) is 9.16. The zero-order valence-corrected chi connectivity index (χ0v) is 19.0. The first-order valence-corrected chi connectivity index (χ1v) is 10.5. The van der Waals surface area contributed by atoms with Gasteiger partial charge in [0.25, 0.3) is 11.5 Å². The number of carbonyl (C=O) groups is 1. The van der Waals surface area contributed by atoms with Gasteiger partial charge in [-0.2, -0.15) is 0 Å². The van der Waals surface area contributed by atoms with Gasteiger partial charge in [-0.1, -0.05) is 15.9 Å². The van der Waals surface area contributed by atoms with Crippen molar-refractivity contribution in [3.05, 3.63) is 65.6 Å². The Kier molecular flexibility index (Phi) is 5.82. The molecule has 1 aliphatic carbocycles. The lowest BCUT2D eigenvalue weighted by Gasteiger charge is -2.32. The summed E-state index contributed by atoms with van der Waals surface area (Å²) in [5, 5.41) is 2.92. The van der Waals surface area contributed by atoms with Gasteiger partial charge in [-0.3, -0.25) is 9.59 Å². The van der Waals surface area contributed by atoms with Gasteiger partial charge in [0.1, 0.15) is 0 Å². The molecule has 1 aromatic rings. The molecule has 2 heterocycles. The van der Waals surface area contributed by atoms with E-state index in [-0.39, 0.29) is 24.1 Å². The molecule has 1 aliphatic heterocycles. The minimum atomic E-state index is -0.179. The molecule has 1 aromatic heterocycles. The third-order valence-electron chi connectivity index (χ3n) is 4.95. The Labute approximate surface area is 175 Å². The SMILES string of the molecule is Cc1cc(C)c(CNC(=O)C2=C3C(Br)=CN(C(C)C)C3CC(Br)=C2)c(=O)[nH]1. The quantitative estimate of drug-likeness (QED) is 0.664. The maximum absolute atomic E-state index is 13.0. The van der Waals surface area contributed by atoms with Gasteiger partial charge >= 0.3 is 0 Å². The third kappa shape index (κ3) is 3.99. The monoisotopic (exact) mass is 495 g/mol. The van der Waals surface area contributed by atoms with Crippen LogP contribution in [0.4, 0.5) is 0 Å². The number of aryl methyl sites for hydroxylation is 2. The number of aromatic amines is 1. The van der Waals surface area contributed by atoms with Crippen molar-refractivity contribution in [2.24, 2.45) is 0 Å². The Morgan fingerprint density at radius 2 is 2.07 bits per heavy atom. The van der Waals surface area contributed by atoms with Crippen LogP contribution >= 0.6 is 31.9 Å². The molecule has 7 heteroatoms. The van der Waals surface area contributed by atoms with Gasteiger partial charge in [0.05, 0.1) is 6.04 Å². The summed E-state index contributed by atoms with van der Waals surface area (Å²) in [4.78, 5) is 30.2. The van der Waals surface area contributed by atoms with Crippen LogP contribution < -0.4 is 10.9 Å². The highest BCUT2D eigenvalue weighted by molar-refractivity contribution is 9.12. The lowest BCUT2D eigenvalue weighted by molar-refractivity contribution is -0.117. The van der Waals surface area contributed by atoms with Crippen molar-refractivity contribution in [1.29, 1.82) is 0 Å². The van der Waals surface area contributed by atoms with Crippen molar-refractivity contribution in [3.63, 3.8) is 0 Å². The number of halogens is 2. The van der Waals surface area contributed by atoms with E-state index in [0.717, 1.165) is 32.2 Å². The van der Waals surface area contributed by atoms with Crippen LogP contribution in [0, 0.1) is 13.8 Å². The van der Waals surface area contributed by atoms with Gasteiger partial charge in [-0.05, 0) is 65.8 Å². The van der Waals surface area contributed by atoms with Gasteiger partial charge < -0.3 is 15.2 Å². The maximum Gasteiger partial charge on any atom is 0.253 e. The summed E-state index contributed by atoms with van der Waals surface area (Å²) < 4.78 is 1.93. The molecule has 3 rings (SSSR count). The lowest BCUT2D eigenvalue weighted by Crippen LogP contribution is -2.37. The fourth-order valence-corrected chi connectivity index (χ4v) is 4.90. The lowest BCUT2D eigenvalue weighted by atomic mass is 9.92. The fraction of sp³-hybridized carbons (Fsp3) is 0.400. The van der Waals surface area contributed by atoms with Crippen molar-refractivity contribution in [3.8, 4) is 0 Å². The molecule has 0 fully saturated rings. The molecule has 0 radical (unpaired) electrons. The van der Waals surface area contributed by atoms with Crippen LogP contribution in [0.25, 0.3) is 0 Å². The number of amides is 1. The molecule has 5 nitrogen and oxygen atoms in total. The van der Waals surface area contributed by atoms with Crippen LogP contribution in [0.1, 0.15) is 37.1 Å². The molecule has 2 N–H and O–H groups in total. The molecule has 1 atom stereocenters. The molecule has 1 amide bonds. The number of nitrogens with zero attached hydrogens (tertiary/aromatic N) is 1. The second-order valence-electron chi connectivity index (χ2n) is 7.28. The summed E-state index contributed by atoms with van der Waals surface area (Å²) in [6, 6.07) is 2.37. The van der Waals surface area contributed by atoms with Crippen LogP contribution in [0.15, 0.2) is 43.2 Å². The standard InChI is InChI=1S/C20H23Br2N3O2/c1-10(2)25-9-16(22)18-14(6-13(21)7-17(18)25)19(26)23-8-15-11(3)5-12(4)24-20(15)27/h5-6,9-10,17H,7-8H2,1-4H3,(H,23,26)(H,24,27). The van der Waals surface area contributed by atoms with Crippen LogP contribution in [0.5, 0.6) is 0 Å². The smallest absolute Gasteiger partial charge is 0.253 e. The van der Waals surface area contributed by atoms with Crippen LogP contribution in [0.2, 0.25) is 0 Å². The Morgan fingerprint density at radius 1 is 1.37 bits per heavy atom. The molecule has 0 bridgehead atoms. The summed E-state index contributed by atoms with van der Waals surface area (Å²) in [5.41, 5.74) is 3.75. The number of aromatic nitrogens is 1. The summed E-state index contributed by atoms with van der Waals surface area (Å²) >= 11 is 7.21. The summed E-state index contributed by atoms with van der Waals surface area (Å²) in [5.74, 6) is -0.179. The Bertz CT molecular complexity index is 941. The predicted octanol–water partition coefficient (Wildman–Crippen LogP) is 3.92. The van der Waals surface area contributed by atoms with Crippen molar-refractivity contribution < 1.29 is 4.79 Å². The van der Waals surface area contributed by atoms with E-state index in [1.165, 1.54) is 0 Å². The molecule has 2 aliphatic rings. The highest BCUT2D eigenvalue weighted by Crippen LogP contribution is 2.42. The Balaban J connectivity index is 1.88. The molecule has 0 saturated heterocycles. The van der Waals surface area contributed by atoms with Crippen LogP contribution in [-0.2, 0) is 11.3 Å². The van der Waals surface area contributed by atoms with Crippen molar-refractivity contribution >= 4 is 37.8 Å². The maximum atomic E-state index is 13.0. The van der Waals surface area contributed by atoms with Gasteiger partial charge in [0.15, 0.2) is 0 Å². The number of hydrogen-bond acceptors (Lipinski definition) is 3. The second kappa shape index (κ2) is 7.80. The van der Waals surface area contributed by atoms with E-state index in [1.807, 2.05) is 26.0 Å². The number of H-pyrrole nitrogens is 1. The third-order valence-corrected chi connectivity index (χ3v) is 6.14. The average Bonchev–Trinajstić information content (AvgIpc) is 2.89. The number of fused-ring (bicyclic) bond motifs is 1. The van der Waals surface area contributed by atoms with E-state index in [9.17, 15) is 9.59 Å². The van der Waals surface area contributed by atoms with Gasteiger partial charge in [0, 0.05) is 52.1 Å². The van der Waals surface area contributed by atoms with Crippen LogP contribution in [0.3, 0.4) is 0 Å². The summed E-state index contributed by atoms with van der Waals surface area (Å²) in [6.07, 6.45) is 4.77. The highest BCUT2D eigenvalue weighted by Gasteiger charge is 2.36. The summed E-state index contributed by atoms with van der Waals surface area (Å²) in [6.45, 7) is 8.20. The molecule has 27 heavy (non-hydrogen) atoms. The zero-order valence-electron chi connectivity index (χ0n) is 15.8. The van der Waals surface area contributed by atoms with E-state index in [4.69, 9.17) is 0 Å². The minimum absolute atomic E-state index is 0.129. The van der Waals surface area contributed by atoms with Crippen molar-refractivity contribution in [1.82, 2.24) is 15.2 Å². The number of nitrogens with one attached hydrogen (secondary N) is 2. The van der Waals surface area contributed by atoms with E-state index in [1.54, 1.807) is 0 Å². The number of hydrogen-bond donors (Lipinski definition) is 2. The minimum Gasteiger partial charge on any atom is -0.367 e. The van der Waals surface area contributed by atoms with Crippen LogP contribution in [-0.4, -0.2) is 27.9 Å². The van der Waals surface area contributed by atoms with Crippen molar-refractivity contribution in [2.75, 3.05) is 0 Å². The average molecular weight is 497 g/mol. The van der Waals surface area contributed by atoms with Gasteiger partial charge in [-0.25, -0.2) is 0 Å². The first-order chi connectivity index (χ1) is 12.7. The first-order valence-electron chi connectivity index (χ1n) is 8.92. The van der Waals surface area contributed by atoms with E-state index in [2.05, 4.69) is 67.1 Å². The molecule has 0 saturated carbocycles. The number of rotatable bonds is 4. The molecule has 0 spiro atoms. The topological polar surface area (TPSA) is 65.2 Å². The van der Waals surface area contributed by atoms with E-state index in [0.29, 0.717) is 17.2 Å². The fourth-order valence-electron chi connectivity index (χ4n) is 3.65. The Morgan fingerprint density at radius 3 is 2.70 bits per heavy atom. The van der Waals surface area contributed by atoms with Gasteiger partial charge in [-0.15, -0.1) is 0 Å². The number of pyridine rings is 1. The van der Waals surface area contributed by atoms with Crippen molar-refractivity contribution in [2.45, 2.75) is 52.7 Å². The normalized spacial score (nSPS) is 19.2. The Hall–Kier alpha value is -1.60. The van der Waals surface area contributed by atoms with Gasteiger partial charge in [0.2, 0.25) is 0 Å². The number of carbonyl (C=O) groups excluding carboxylic acids is 1. The molecular weight excluding hydrogens is 474 g/mol. The highest BCUT2D eigenvalue weighted by atomic mass is 79.9. The molecule has 144 valence electrons. The largest absolute Gasteiger partial charge is 0.367 e. The summed E-state index contributed by atoms with van der Waals surface area (Å²) in [7, 11) is 0. The molecular formula is C20H23Br2N3O2. The molecule has 0 aromatic carbocycles. The van der Waals surface area contributed by atoms with E-state index >= 15 is 0 Å². The predicted molar refractivity (Wildman–Crippen MR) is 115 cm³/mol. The molecule has 1 unspecified atom stereocenters. The first kappa shape index (κ1) is 20.1. The van der Waals surface area contributed by atoms with E-state index < -0.39 is 0 Å². The zero-order chi connectivity index (χ0) is 19.9.